The number of hydrogen-bond acceptors (Lipinski definition) is 4. The molecule has 0 aromatic heterocycles. The van der Waals surface area contributed by atoms with E-state index in [0.29, 0.717) is 19.4 Å². The van der Waals surface area contributed by atoms with Gasteiger partial charge >= 0.3 is 5.97 Å². The largest absolute Gasteiger partial charge is 0.479 e. The third-order valence-corrected chi connectivity index (χ3v) is 4.61. The summed E-state index contributed by atoms with van der Waals surface area (Å²) in [6.07, 6.45) is 2.62. The van der Waals surface area contributed by atoms with E-state index in [0.717, 1.165) is 25.7 Å². The highest BCUT2D eigenvalue weighted by Crippen LogP contribution is 2.39. The van der Waals surface area contributed by atoms with Crippen molar-refractivity contribution < 1.29 is 24.2 Å². The summed E-state index contributed by atoms with van der Waals surface area (Å²) in [6, 6.07) is 0. The van der Waals surface area contributed by atoms with Gasteiger partial charge in [-0.2, -0.15) is 0 Å². The van der Waals surface area contributed by atoms with Crippen LogP contribution in [0.1, 0.15) is 38.5 Å². The lowest BCUT2D eigenvalue weighted by Gasteiger charge is -2.31. The monoisotopic (exact) mass is 312 g/mol. The first kappa shape index (κ1) is 16.7. The lowest BCUT2D eigenvalue weighted by atomic mass is 9.84. The molecule has 2 aliphatic rings. The van der Waals surface area contributed by atoms with Gasteiger partial charge in [0.05, 0.1) is 5.41 Å². The highest BCUT2D eigenvalue weighted by molar-refractivity contribution is 5.86. The van der Waals surface area contributed by atoms with Gasteiger partial charge in [-0.1, -0.05) is 12.8 Å². The third-order valence-electron chi connectivity index (χ3n) is 4.61. The van der Waals surface area contributed by atoms with Crippen molar-refractivity contribution in [3.63, 3.8) is 0 Å². The van der Waals surface area contributed by atoms with Crippen molar-refractivity contribution in [3.8, 4) is 0 Å². The minimum Gasteiger partial charge on any atom is -0.479 e. The molecule has 7 heteroatoms. The molecule has 1 saturated carbocycles. The molecule has 2 atom stereocenters. The number of hydrogen-bond donors (Lipinski definition) is 2. The van der Waals surface area contributed by atoms with Crippen LogP contribution < -0.4 is 5.32 Å². The Morgan fingerprint density at radius 3 is 2.27 bits per heavy atom. The lowest BCUT2D eigenvalue weighted by molar-refractivity contribution is -0.151. The molecule has 0 spiro atoms. The Bertz CT molecular complexity index is 457. The summed E-state index contributed by atoms with van der Waals surface area (Å²) in [5.41, 5.74) is -0.524. The van der Waals surface area contributed by atoms with E-state index in [-0.39, 0.29) is 11.8 Å². The van der Waals surface area contributed by atoms with E-state index in [2.05, 4.69) is 5.32 Å². The van der Waals surface area contributed by atoms with Crippen molar-refractivity contribution in [2.24, 2.45) is 5.41 Å². The van der Waals surface area contributed by atoms with Gasteiger partial charge in [-0.15, -0.1) is 0 Å². The molecule has 0 radical (unpaired) electrons. The quantitative estimate of drug-likeness (QED) is 0.765. The zero-order chi connectivity index (χ0) is 16.3. The van der Waals surface area contributed by atoms with Gasteiger partial charge in [-0.3, -0.25) is 9.59 Å². The van der Waals surface area contributed by atoms with E-state index in [1.54, 1.807) is 19.0 Å². The Labute approximate surface area is 130 Å². The molecule has 2 N–H and O–H groups in total. The van der Waals surface area contributed by atoms with Gasteiger partial charge in [0.1, 0.15) is 6.10 Å². The van der Waals surface area contributed by atoms with E-state index >= 15 is 0 Å². The molecule has 1 aliphatic heterocycles. The number of nitrogens with zero attached hydrogens (tertiary/aromatic N) is 1. The summed E-state index contributed by atoms with van der Waals surface area (Å²) in [7, 11) is 3.45. The Kier molecular flexibility index (Phi) is 5.05. The van der Waals surface area contributed by atoms with Crippen molar-refractivity contribution in [1.82, 2.24) is 10.2 Å². The summed E-state index contributed by atoms with van der Waals surface area (Å²) in [5.74, 6) is -1.31. The maximum absolute atomic E-state index is 12.4. The molecule has 1 saturated heterocycles. The van der Waals surface area contributed by atoms with Crippen LogP contribution in [0.25, 0.3) is 0 Å². The Balaban J connectivity index is 1.92. The third kappa shape index (κ3) is 3.40. The standard InChI is InChI=1S/C15H24N2O5/c1-17(2)14(21)15(7-3-4-8-15)9-16-12(18)10-5-6-11(22-10)13(19)20/h10-11H,3-9H2,1-2H3,(H,16,18)(H,19,20)/t10-,11+/m0/s1. The van der Waals surface area contributed by atoms with Crippen molar-refractivity contribution in [3.05, 3.63) is 0 Å². The molecule has 1 aliphatic carbocycles. The van der Waals surface area contributed by atoms with Crippen LogP contribution >= 0.6 is 0 Å². The highest BCUT2D eigenvalue weighted by atomic mass is 16.5. The van der Waals surface area contributed by atoms with Crippen LogP contribution in [0.15, 0.2) is 0 Å². The molecule has 0 aromatic carbocycles. The number of ether oxygens (including phenoxy) is 1. The van der Waals surface area contributed by atoms with Crippen LogP contribution in [-0.4, -0.2) is 60.6 Å². The number of carbonyl (C=O) groups excluding carboxylic acids is 2. The van der Waals surface area contributed by atoms with Crippen molar-refractivity contribution in [1.29, 1.82) is 0 Å². The number of carbonyl (C=O) groups is 3. The zero-order valence-electron chi connectivity index (χ0n) is 13.1. The van der Waals surface area contributed by atoms with Crippen molar-refractivity contribution in [2.45, 2.75) is 50.7 Å². The zero-order valence-corrected chi connectivity index (χ0v) is 13.1. The average Bonchev–Trinajstić information content (AvgIpc) is 3.13. The van der Waals surface area contributed by atoms with Crippen LogP contribution in [0.3, 0.4) is 0 Å². The Morgan fingerprint density at radius 2 is 1.77 bits per heavy atom. The smallest absolute Gasteiger partial charge is 0.332 e. The van der Waals surface area contributed by atoms with Gasteiger partial charge in [-0.25, -0.2) is 4.79 Å². The molecule has 0 unspecified atom stereocenters. The maximum atomic E-state index is 12.4. The van der Waals surface area contributed by atoms with Gasteiger partial charge in [0.15, 0.2) is 6.10 Å². The number of carboxylic acid groups (broad SMARTS) is 1. The van der Waals surface area contributed by atoms with Gasteiger partial charge in [-0.05, 0) is 25.7 Å². The average molecular weight is 312 g/mol. The fourth-order valence-corrected chi connectivity index (χ4v) is 3.37. The van der Waals surface area contributed by atoms with Gasteiger partial charge in [0.2, 0.25) is 11.8 Å². The maximum Gasteiger partial charge on any atom is 0.332 e. The first-order chi connectivity index (χ1) is 10.4. The van der Waals surface area contributed by atoms with Crippen LogP contribution in [-0.2, 0) is 19.1 Å². The lowest BCUT2D eigenvalue weighted by Crippen LogP contribution is -2.48. The second-order valence-corrected chi connectivity index (χ2v) is 6.43. The molecule has 1 heterocycles. The van der Waals surface area contributed by atoms with Crippen LogP contribution in [0, 0.1) is 5.41 Å². The fraction of sp³-hybridized carbons (Fsp3) is 0.800. The number of rotatable bonds is 5. The second kappa shape index (κ2) is 6.64. The van der Waals surface area contributed by atoms with Crippen LogP contribution in [0.5, 0.6) is 0 Å². The molecule has 7 nitrogen and oxygen atoms in total. The molecular formula is C15H24N2O5. The fourth-order valence-electron chi connectivity index (χ4n) is 3.37. The molecule has 0 bridgehead atoms. The van der Waals surface area contributed by atoms with Crippen LogP contribution in [0.2, 0.25) is 0 Å². The molecule has 22 heavy (non-hydrogen) atoms. The van der Waals surface area contributed by atoms with E-state index in [9.17, 15) is 14.4 Å². The van der Waals surface area contributed by atoms with Crippen molar-refractivity contribution >= 4 is 17.8 Å². The summed E-state index contributed by atoms with van der Waals surface area (Å²) < 4.78 is 5.23. The molecule has 2 amide bonds. The van der Waals surface area contributed by atoms with E-state index in [1.807, 2.05) is 0 Å². The predicted molar refractivity (Wildman–Crippen MR) is 78.1 cm³/mol. The van der Waals surface area contributed by atoms with Crippen LogP contribution in [0.4, 0.5) is 0 Å². The SMILES string of the molecule is CN(C)C(=O)C1(CNC(=O)[C@@H]2CC[C@H](C(=O)O)O2)CCCC1. The first-order valence-corrected chi connectivity index (χ1v) is 7.73. The van der Waals surface area contributed by atoms with Gasteiger partial charge in [0, 0.05) is 20.6 Å². The van der Waals surface area contributed by atoms with E-state index in [1.165, 1.54) is 0 Å². The predicted octanol–water partition coefficient (Wildman–Crippen LogP) is 0.383. The number of aliphatic carboxylic acids is 1. The Hall–Kier alpha value is -1.63. The van der Waals surface area contributed by atoms with Gasteiger partial charge < -0.3 is 20.1 Å². The summed E-state index contributed by atoms with van der Waals surface area (Å²) in [4.78, 5) is 37.0. The molecule has 2 rings (SSSR count). The summed E-state index contributed by atoms with van der Waals surface area (Å²) in [5, 5.41) is 11.7. The topological polar surface area (TPSA) is 95.9 Å². The minimum atomic E-state index is -1.04. The number of nitrogens with one attached hydrogen (secondary N) is 1. The minimum absolute atomic E-state index is 0.0426. The van der Waals surface area contributed by atoms with E-state index < -0.39 is 23.6 Å². The molecular weight excluding hydrogens is 288 g/mol. The molecule has 0 aromatic rings. The first-order valence-electron chi connectivity index (χ1n) is 7.73. The van der Waals surface area contributed by atoms with Crippen molar-refractivity contribution in [2.75, 3.05) is 20.6 Å². The molecule has 2 fully saturated rings. The second-order valence-electron chi connectivity index (χ2n) is 6.43. The summed E-state index contributed by atoms with van der Waals surface area (Å²) in [6.45, 7) is 0.292. The molecule has 124 valence electrons. The highest BCUT2D eigenvalue weighted by Gasteiger charge is 2.43. The number of carboxylic acids is 1. The summed E-state index contributed by atoms with van der Waals surface area (Å²) >= 11 is 0. The Morgan fingerprint density at radius 1 is 1.18 bits per heavy atom. The normalized spacial score (nSPS) is 26.6. The van der Waals surface area contributed by atoms with Gasteiger partial charge in [0.25, 0.3) is 0 Å². The van der Waals surface area contributed by atoms with E-state index in [4.69, 9.17) is 9.84 Å². The number of amides is 2.